The van der Waals surface area contributed by atoms with Gasteiger partial charge in [0.1, 0.15) is 18.0 Å². The molecule has 2 saturated heterocycles. The van der Waals surface area contributed by atoms with Crippen LogP contribution in [-0.4, -0.2) is 49.4 Å². The third-order valence-electron chi connectivity index (χ3n) is 4.32. The average Bonchev–Trinajstić information content (AvgIpc) is 2.87. The van der Waals surface area contributed by atoms with Crippen LogP contribution in [0, 0.1) is 0 Å². The molecule has 28 heavy (non-hydrogen) atoms. The molecule has 11 heteroatoms. The molecule has 0 aromatic heterocycles. The lowest BCUT2D eigenvalue weighted by atomic mass is 10.0. The smallest absolute Gasteiger partial charge is 0.328 e. The number of alkyl halides is 3. The predicted molar refractivity (Wildman–Crippen MR) is 109 cm³/mol. The van der Waals surface area contributed by atoms with E-state index in [1.54, 1.807) is 31.2 Å². The topological polar surface area (TPSA) is 87.7 Å². The highest BCUT2D eigenvalue weighted by Crippen LogP contribution is 2.53. The Morgan fingerprint density at radius 3 is 2.57 bits per heavy atom. The molecular weight excluding hydrogens is 449 g/mol. The van der Waals surface area contributed by atoms with E-state index in [1.165, 1.54) is 4.90 Å². The Labute approximate surface area is 180 Å². The highest BCUT2D eigenvalue weighted by molar-refractivity contribution is 8.02. The molecule has 3 atom stereocenters. The summed E-state index contributed by atoms with van der Waals surface area (Å²) in [5, 5.41) is 4.79. The van der Waals surface area contributed by atoms with E-state index in [9.17, 15) is 14.4 Å². The number of nitrogens with one attached hydrogen (secondary N) is 2. The van der Waals surface area contributed by atoms with E-state index < -0.39 is 38.6 Å². The molecular formula is C17H16Cl3N3O4S. The van der Waals surface area contributed by atoms with E-state index in [-0.39, 0.29) is 11.6 Å². The van der Waals surface area contributed by atoms with Crippen molar-refractivity contribution in [3.8, 4) is 0 Å². The van der Waals surface area contributed by atoms with Gasteiger partial charge in [-0.05, 0) is 19.1 Å². The predicted octanol–water partition coefficient (Wildman–Crippen LogP) is 3.28. The van der Waals surface area contributed by atoms with Crippen molar-refractivity contribution in [2.45, 2.75) is 26.9 Å². The zero-order valence-corrected chi connectivity index (χ0v) is 17.7. The lowest BCUT2D eigenvalue weighted by Crippen LogP contribution is -2.67. The van der Waals surface area contributed by atoms with Crippen molar-refractivity contribution in [2.75, 3.05) is 11.9 Å². The summed E-state index contributed by atoms with van der Waals surface area (Å²) >= 11 is 18.0. The first-order valence-electron chi connectivity index (χ1n) is 8.10. The van der Waals surface area contributed by atoms with Crippen molar-refractivity contribution >= 4 is 70.2 Å². The molecule has 0 saturated carbocycles. The summed E-state index contributed by atoms with van der Waals surface area (Å²) in [7, 11) is 0. The van der Waals surface area contributed by atoms with Gasteiger partial charge in [-0.2, -0.15) is 0 Å². The minimum absolute atomic E-state index is 0.267. The molecule has 0 radical (unpaired) electrons. The molecule has 7 nitrogen and oxygen atoms in total. The van der Waals surface area contributed by atoms with Crippen LogP contribution in [0.25, 0.3) is 0 Å². The number of ether oxygens (including phenoxy) is 1. The molecule has 2 N–H and O–H groups in total. The number of halogens is 3. The molecule has 2 fully saturated rings. The number of carbonyl (C=O) groups is 3. The van der Waals surface area contributed by atoms with Gasteiger partial charge in [0.05, 0.1) is 0 Å². The molecule has 1 aromatic carbocycles. The zero-order chi connectivity index (χ0) is 20.7. The maximum Gasteiger partial charge on any atom is 0.328 e. The fourth-order valence-electron chi connectivity index (χ4n) is 2.82. The van der Waals surface area contributed by atoms with Crippen LogP contribution in [0.2, 0.25) is 0 Å². The standard InChI is InChI=1S/C17H16Cl3N3O4S/c1-9-16(2,14(25)27-8-17(18,19)20)28-13-11(12(24)23(9)13)22-15(26)21-10-6-4-3-5-7-10/h3-7,11,13H,1,8H2,2H3,(H2,21,22,26)/t11?,13-,16?/m1/s1. The molecule has 2 aliphatic rings. The molecule has 0 bridgehead atoms. The Balaban J connectivity index is 1.64. The van der Waals surface area contributed by atoms with E-state index in [0.717, 1.165) is 11.8 Å². The second-order valence-corrected chi connectivity index (χ2v) is 10.4. The first kappa shape index (κ1) is 21.1. The van der Waals surface area contributed by atoms with Gasteiger partial charge in [-0.25, -0.2) is 4.79 Å². The number of urea groups is 1. The number of para-hydroxylation sites is 1. The summed E-state index contributed by atoms with van der Waals surface area (Å²) in [6.45, 7) is 4.99. The Kier molecular flexibility index (Phi) is 5.78. The van der Waals surface area contributed by atoms with Crippen molar-refractivity contribution in [1.82, 2.24) is 10.2 Å². The fourth-order valence-corrected chi connectivity index (χ4v) is 4.52. The molecule has 150 valence electrons. The van der Waals surface area contributed by atoms with Gasteiger partial charge >= 0.3 is 12.0 Å². The van der Waals surface area contributed by atoms with Gasteiger partial charge in [-0.15, -0.1) is 11.8 Å². The summed E-state index contributed by atoms with van der Waals surface area (Å²) in [6, 6.07) is 7.49. The van der Waals surface area contributed by atoms with Gasteiger partial charge in [-0.1, -0.05) is 59.6 Å². The largest absolute Gasteiger partial charge is 0.460 e. The molecule has 2 unspecified atom stereocenters. The molecule has 1 aromatic rings. The third kappa shape index (κ3) is 4.05. The van der Waals surface area contributed by atoms with E-state index in [1.807, 2.05) is 6.07 Å². The van der Waals surface area contributed by atoms with Crippen molar-refractivity contribution in [2.24, 2.45) is 0 Å². The molecule has 0 spiro atoms. The highest BCUT2D eigenvalue weighted by atomic mass is 35.6. The van der Waals surface area contributed by atoms with Crippen LogP contribution >= 0.6 is 46.6 Å². The normalized spacial score (nSPS) is 26.4. The molecule has 0 aliphatic carbocycles. The number of anilines is 1. The van der Waals surface area contributed by atoms with Crippen LogP contribution in [0.15, 0.2) is 42.6 Å². The minimum Gasteiger partial charge on any atom is -0.460 e. The van der Waals surface area contributed by atoms with E-state index in [4.69, 9.17) is 39.5 Å². The lowest BCUT2D eigenvalue weighted by Gasteiger charge is -2.41. The minimum atomic E-state index is -1.74. The third-order valence-corrected chi connectivity index (χ3v) is 6.24. The van der Waals surface area contributed by atoms with Gasteiger partial charge in [-0.3, -0.25) is 14.5 Å². The van der Waals surface area contributed by atoms with Crippen LogP contribution in [0.4, 0.5) is 10.5 Å². The number of thioether (sulfide) groups is 1. The number of carbonyl (C=O) groups excluding carboxylic acids is 3. The van der Waals surface area contributed by atoms with Crippen molar-refractivity contribution in [1.29, 1.82) is 0 Å². The van der Waals surface area contributed by atoms with Crippen LogP contribution in [0.1, 0.15) is 6.92 Å². The number of hydrogen-bond acceptors (Lipinski definition) is 5. The quantitative estimate of drug-likeness (QED) is 0.406. The number of fused-ring (bicyclic) bond motifs is 1. The summed E-state index contributed by atoms with van der Waals surface area (Å²) in [6.07, 6.45) is 0. The summed E-state index contributed by atoms with van der Waals surface area (Å²) < 4.78 is 2.09. The Hall–Kier alpha value is -1.61. The second-order valence-electron chi connectivity index (χ2n) is 6.33. The van der Waals surface area contributed by atoms with Crippen molar-refractivity contribution < 1.29 is 19.1 Å². The fraction of sp³-hybridized carbons (Fsp3) is 0.353. The second kappa shape index (κ2) is 7.67. The first-order valence-corrected chi connectivity index (χ1v) is 10.1. The molecule has 3 amide bonds. The van der Waals surface area contributed by atoms with Gasteiger partial charge in [0.2, 0.25) is 3.79 Å². The molecule has 2 aliphatic heterocycles. The zero-order valence-electron chi connectivity index (χ0n) is 14.6. The van der Waals surface area contributed by atoms with Crippen LogP contribution in [0.5, 0.6) is 0 Å². The number of rotatable bonds is 4. The maximum absolute atomic E-state index is 12.5. The summed E-state index contributed by atoms with van der Waals surface area (Å²) in [5.41, 5.74) is 0.857. The van der Waals surface area contributed by atoms with Crippen LogP contribution in [-0.2, 0) is 14.3 Å². The van der Waals surface area contributed by atoms with Gasteiger partial charge < -0.3 is 15.4 Å². The van der Waals surface area contributed by atoms with E-state index >= 15 is 0 Å². The van der Waals surface area contributed by atoms with Gasteiger partial charge in [0.25, 0.3) is 5.91 Å². The summed E-state index contributed by atoms with van der Waals surface area (Å²) in [5.74, 6) is -1.04. The molecule has 3 rings (SSSR count). The van der Waals surface area contributed by atoms with Crippen molar-refractivity contribution in [3.05, 3.63) is 42.6 Å². The number of β-lactam (4-membered cyclic amide) rings is 1. The molecule has 2 heterocycles. The highest BCUT2D eigenvalue weighted by Gasteiger charge is 2.63. The number of amides is 3. The number of benzene rings is 1. The van der Waals surface area contributed by atoms with Gasteiger partial charge in [0.15, 0.2) is 4.75 Å². The van der Waals surface area contributed by atoms with E-state index in [0.29, 0.717) is 5.69 Å². The average molecular weight is 465 g/mol. The number of esters is 1. The monoisotopic (exact) mass is 463 g/mol. The Morgan fingerprint density at radius 1 is 1.32 bits per heavy atom. The first-order chi connectivity index (χ1) is 13.0. The van der Waals surface area contributed by atoms with Crippen molar-refractivity contribution in [3.63, 3.8) is 0 Å². The SMILES string of the molecule is C=C1N2C(=O)C(NC(=O)Nc3ccccc3)[C@H]2SC1(C)C(=O)OCC(Cl)(Cl)Cl. The maximum atomic E-state index is 12.5. The number of hydrogen-bond donors (Lipinski definition) is 2. The summed E-state index contributed by atoms with van der Waals surface area (Å²) in [4.78, 5) is 38.5. The Morgan fingerprint density at radius 2 is 1.96 bits per heavy atom. The van der Waals surface area contributed by atoms with Crippen LogP contribution < -0.4 is 10.6 Å². The van der Waals surface area contributed by atoms with E-state index in [2.05, 4.69) is 17.2 Å². The lowest BCUT2D eigenvalue weighted by molar-refractivity contribution is -0.146. The van der Waals surface area contributed by atoms with Crippen LogP contribution in [0.3, 0.4) is 0 Å². The number of nitrogens with zero attached hydrogens (tertiary/aromatic N) is 1. The Bertz CT molecular complexity index is 833. The van der Waals surface area contributed by atoms with Gasteiger partial charge in [0, 0.05) is 11.4 Å².